The minimum absolute atomic E-state index is 0.00884. The fourth-order valence-electron chi connectivity index (χ4n) is 8.36. The first-order chi connectivity index (χ1) is 27.5. The Labute approximate surface area is 342 Å². The van der Waals surface area contributed by atoms with E-state index < -0.39 is 91.8 Å². The van der Waals surface area contributed by atoms with Gasteiger partial charge in [-0.15, -0.1) is 0 Å². The number of hydrogen-bond acceptors (Lipinski definition) is 11. The number of ketones is 1. The normalized spacial score (nSPS) is 29.3. The average Bonchev–Trinajstić information content (AvgIpc) is 4.04. The van der Waals surface area contributed by atoms with Gasteiger partial charge in [-0.25, -0.2) is 13.4 Å². The molecular weight excluding hydrogens is 796 g/mol. The number of carbonyl (C=O) groups excluding carboxylic acids is 4. The Morgan fingerprint density at radius 2 is 1.76 bits per heavy atom. The molecule has 1 saturated heterocycles. The number of benzene rings is 1. The quantitative estimate of drug-likeness (QED) is 0.206. The van der Waals surface area contributed by atoms with E-state index in [1.54, 1.807) is 32.0 Å². The van der Waals surface area contributed by atoms with Gasteiger partial charge in [0.15, 0.2) is 5.78 Å². The zero-order valence-corrected chi connectivity index (χ0v) is 35.3. The van der Waals surface area contributed by atoms with Gasteiger partial charge in [-0.05, 0) is 95.2 Å². The van der Waals surface area contributed by atoms with Gasteiger partial charge >= 0.3 is 12.1 Å². The van der Waals surface area contributed by atoms with Gasteiger partial charge in [0.1, 0.15) is 17.6 Å². The number of carbonyl (C=O) groups is 4. The Morgan fingerprint density at radius 3 is 2.41 bits per heavy atom. The first-order valence-electron chi connectivity index (χ1n) is 20.1. The van der Waals surface area contributed by atoms with E-state index in [0.717, 1.165) is 13.8 Å². The molecule has 59 heavy (non-hydrogen) atoms. The number of nitrogens with one attached hydrogen (secondary N) is 1. The molecule has 0 radical (unpaired) electrons. The summed E-state index contributed by atoms with van der Waals surface area (Å²) in [6.45, 7) is 6.61. The van der Waals surface area contributed by atoms with E-state index >= 15 is 0 Å². The van der Waals surface area contributed by atoms with Crippen molar-refractivity contribution in [2.75, 3.05) is 20.8 Å². The topological polar surface area (TPSA) is 167 Å². The molecule has 1 N–H and O–H groups in total. The zero-order chi connectivity index (χ0) is 43.3. The van der Waals surface area contributed by atoms with Crippen LogP contribution in [0.15, 0.2) is 36.5 Å². The molecule has 3 heterocycles. The van der Waals surface area contributed by atoms with E-state index in [1.165, 1.54) is 25.3 Å². The number of esters is 1. The van der Waals surface area contributed by atoms with Gasteiger partial charge in [-0.2, -0.15) is 13.2 Å². The predicted molar refractivity (Wildman–Crippen MR) is 210 cm³/mol. The molecule has 2 amide bonds. The summed E-state index contributed by atoms with van der Waals surface area (Å²) >= 11 is 0. The van der Waals surface area contributed by atoms with Crippen molar-refractivity contribution in [1.82, 2.24) is 14.6 Å². The molecular formula is C42H54F3N3O10S. The van der Waals surface area contributed by atoms with Crippen molar-refractivity contribution in [3.8, 4) is 17.4 Å². The molecule has 0 bridgehead atoms. The number of ether oxygens (including phenoxy) is 4. The number of fused-ring (bicyclic) bond motifs is 3. The average molecular weight is 850 g/mol. The Kier molecular flexibility index (Phi) is 12.1. The summed E-state index contributed by atoms with van der Waals surface area (Å²) in [5.74, 6) is -4.11. The van der Waals surface area contributed by atoms with Gasteiger partial charge in [-0.1, -0.05) is 26.0 Å². The van der Waals surface area contributed by atoms with E-state index in [9.17, 15) is 40.8 Å². The van der Waals surface area contributed by atoms with Crippen LogP contribution in [0.5, 0.6) is 17.4 Å². The van der Waals surface area contributed by atoms with Crippen LogP contribution in [0, 0.1) is 29.1 Å². The molecule has 2 aromatic rings. The fraction of sp³-hybridized carbons (Fsp3) is 0.643. The molecule has 324 valence electrons. The molecule has 13 nitrogen and oxygen atoms in total. The van der Waals surface area contributed by atoms with E-state index in [4.69, 9.17) is 18.9 Å². The van der Waals surface area contributed by atoms with Crippen molar-refractivity contribution >= 4 is 44.4 Å². The molecule has 0 spiro atoms. The fourth-order valence-corrected chi connectivity index (χ4v) is 9.69. The van der Waals surface area contributed by atoms with Gasteiger partial charge in [0, 0.05) is 23.6 Å². The second kappa shape index (κ2) is 16.2. The third kappa shape index (κ3) is 9.04. The highest BCUT2D eigenvalue weighted by Crippen LogP contribution is 2.58. The minimum Gasteiger partial charge on any atom is -0.497 e. The molecule has 2 aliphatic heterocycles. The van der Waals surface area contributed by atoms with Gasteiger partial charge in [0.05, 0.1) is 55.5 Å². The first-order valence-corrected chi connectivity index (χ1v) is 21.6. The molecule has 0 unspecified atom stereocenters. The highest BCUT2D eigenvalue weighted by atomic mass is 32.2. The molecule has 2 saturated carbocycles. The molecule has 1 aromatic heterocycles. The zero-order valence-electron chi connectivity index (χ0n) is 34.5. The van der Waals surface area contributed by atoms with E-state index in [0.29, 0.717) is 54.4 Å². The second-order valence-electron chi connectivity index (χ2n) is 17.6. The van der Waals surface area contributed by atoms with Crippen LogP contribution in [0.4, 0.5) is 13.2 Å². The molecule has 1 aromatic carbocycles. The maximum absolute atomic E-state index is 14.9. The van der Waals surface area contributed by atoms with Crippen molar-refractivity contribution in [2.45, 2.75) is 121 Å². The SMILES string of the molecule is COc1ccc2c(O[C@@H]3C[C@H]4C(=O)C[C@]5(C(=O)NS(=O)(=O)C6(C)CC6)C[C@H]5/C=C\CC[C@@H](C)C[C@@H](C)[C@H](CC(=O)OC(C)(C)C(F)(F)F)C(=O)N4C3)ncc(OC)c2c1. The molecule has 2 aliphatic carbocycles. The summed E-state index contributed by atoms with van der Waals surface area (Å²) in [6, 6.07) is 4.00. The number of amides is 2. The molecule has 17 heteroatoms. The highest BCUT2D eigenvalue weighted by molar-refractivity contribution is 7.91. The Bertz CT molecular complexity index is 2120. The predicted octanol–water partition coefficient (Wildman–Crippen LogP) is 6.47. The van der Waals surface area contributed by atoms with Crippen molar-refractivity contribution < 1.29 is 59.7 Å². The van der Waals surface area contributed by atoms with Gasteiger partial charge in [0.25, 0.3) is 0 Å². The van der Waals surface area contributed by atoms with Crippen molar-refractivity contribution in [3.63, 3.8) is 0 Å². The van der Waals surface area contributed by atoms with Crippen LogP contribution in [-0.4, -0.2) is 91.3 Å². The Hall–Kier alpha value is -4.41. The highest BCUT2D eigenvalue weighted by Gasteiger charge is 2.63. The molecule has 6 rings (SSSR count). The lowest BCUT2D eigenvalue weighted by Gasteiger charge is -2.33. The lowest BCUT2D eigenvalue weighted by molar-refractivity contribution is -0.257. The number of rotatable bonds is 10. The number of methoxy groups -OCH3 is 2. The summed E-state index contributed by atoms with van der Waals surface area (Å²) in [6.07, 6.45) is 1.11. The summed E-state index contributed by atoms with van der Waals surface area (Å²) < 4.78 is 91.3. The van der Waals surface area contributed by atoms with Crippen molar-refractivity contribution in [3.05, 3.63) is 36.5 Å². The number of aromatic nitrogens is 1. The minimum atomic E-state index is -4.87. The van der Waals surface area contributed by atoms with Crippen LogP contribution in [-0.2, 0) is 33.9 Å². The monoisotopic (exact) mass is 849 g/mol. The second-order valence-corrected chi connectivity index (χ2v) is 19.8. The Balaban J connectivity index is 1.36. The lowest BCUT2D eigenvalue weighted by Crippen LogP contribution is -2.48. The third-order valence-electron chi connectivity index (χ3n) is 12.8. The van der Waals surface area contributed by atoms with E-state index in [2.05, 4.69) is 9.71 Å². The summed E-state index contributed by atoms with van der Waals surface area (Å²) in [4.78, 5) is 62.6. The smallest absolute Gasteiger partial charge is 0.427 e. The molecule has 3 fully saturated rings. The number of Topliss-reactive ketones (excluding diaryl/α,β-unsaturated/α-hetero) is 1. The van der Waals surface area contributed by atoms with Crippen molar-refractivity contribution in [1.29, 1.82) is 0 Å². The Morgan fingerprint density at radius 1 is 1.05 bits per heavy atom. The van der Waals surface area contributed by atoms with E-state index in [1.807, 2.05) is 19.1 Å². The van der Waals surface area contributed by atoms with Crippen LogP contribution >= 0.6 is 0 Å². The van der Waals surface area contributed by atoms with Crippen LogP contribution in [0.3, 0.4) is 0 Å². The number of pyridine rings is 1. The first kappa shape index (κ1) is 44.2. The largest absolute Gasteiger partial charge is 0.497 e. The number of halogens is 3. The molecule has 4 aliphatic rings. The van der Waals surface area contributed by atoms with E-state index in [-0.39, 0.29) is 37.6 Å². The van der Waals surface area contributed by atoms with Crippen LogP contribution in [0.25, 0.3) is 10.8 Å². The number of nitrogens with zero attached hydrogens (tertiary/aromatic N) is 2. The van der Waals surface area contributed by atoms with Crippen LogP contribution in [0.2, 0.25) is 0 Å². The number of alkyl halides is 3. The number of sulfonamides is 1. The van der Waals surface area contributed by atoms with Gasteiger partial charge in [-0.3, -0.25) is 23.9 Å². The van der Waals surface area contributed by atoms with Gasteiger partial charge < -0.3 is 23.8 Å². The maximum Gasteiger partial charge on any atom is 0.427 e. The summed E-state index contributed by atoms with van der Waals surface area (Å²) in [5.41, 5.74) is -4.21. The third-order valence-corrected chi connectivity index (χ3v) is 14.9. The maximum atomic E-state index is 14.9. The lowest BCUT2D eigenvalue weighted by atomic mass is 9.82. The van der Waals surface area contributed by atoms with Gasteiger partial charge in [0.2, 0.25) is 33.3 Å². The number of allylic oxidation sites excluding steroid dienone is 2. The summed E-state index contributed by atoms with van der Waals surface area (Å²) in [5, 5.41) is 1.17. The van der Waals surface area contributed by atoms with Crippen LogP contribution in [0.1, 0.15) is 92.4 Å². The number of hydrogen-bond donors (Lipinski definition) is 1. The standard InChI is InChI=1S/C42H54F3N3O10S/c1-24-10-8-9-11-26-20-41(26,38(52)47-59(53,54)40(5)14-15-40)21-33(49)32-18-28(57-36-29-13-12-27(55-6)17-31(29)34(56-7)22-46-36)23-48(32)37(51)30(25(2)16-24)19-35(50)58-39(3,4)42(43,44)45/h9,11-13,17,22,24-26,28,30,32H,8,10,14-16,18-21,23H2,1-7H3,(H,47,52)/b11-9-/t24-,25-,26-,28-,30+,32+,41-/m1/s1. The van der Waals surface area contributed by atoms with Crippen molar-refractivity contribution in [2.24, 2.45) is 29.1 Å². The molecule has 7 atom stereocenters. The van der Waals surface area contributed by atoms with Crippen LogP contribution < -0.4 is 18.9 Å². The summed E-state index contributed by atoms with van der Waals surface area (Å²) in [7, 11) is -1.03.